The number of anilines is 1. The molecule has 0 aliphatic heterocycles. The highest BCUT2D eigenvalue weighted by Gasteiger charge is 2.30. The monoisotopic (exact) mass is 499 g/mol. The van der Waals surface area contributed by atoms with Gasteiger partial charge in [0.2, 0.25) is 5.91 Å². The number of pyridine rings is 1. The van der Waals surface area contributed by atoms with Crippen LogP contribution in [0.2, 0.25) is 0 Å². The van der Waals surface area contributed by atoms with Gasteiger partial charge in [-0.15, -0.1) is 0 Å². The molecule has 0 spiro atoms. The average Bonchev–Trinajstić information content (AvgIpc) is 2.85. The molecule has 190 valence electrons. The van der Waals surface area contributed by atoms with Crippen LogP contribution in [0.3, 0.4) is 0 Å². The Kier molecular flexibility index (Phi) is 8.78. The molecule has 1 heterocycles. The zero-order chi connectivity index (χ0) is 26.3. The molecule has 10 heteroatoms. The number of rotatable bonds is 10. The number of aromatic nitrogens is 1. The lowest BCUT2D eigenvalue weighted by molar-refractivity contribution is -0.137. The Morgan fingerprint density at radius 2 is 1.78 bits per heavy atom. The van der Waals surface area contributed by atoms with Gasteiger partial charge in [0.05, 0.1) is 29.0 Å². The van der Waals surface area contributed by atoms with Gasteiger partial charge in [0.1, 0.15) is 6.04 Å². The Bertz CT molecular complexity index is 1230. The lowest BCUT2D eigenvalue weighted by atomic mass is 9.98. The molecular weight excluding hydrogens is 471 g/mol. The third kappa shape index (κ3) is 7.12. The largest absolute Gasteiger partial charge is 0.416 e. The molecule has 1 aromatic heterocycles. The van der Waals surface area contributed by atoms with Crippen LogP contribution >= 0.6 is 0 Å². The van der Waals surface area contributed by atoms with Crippen LogP contribution in [0.5, 0.6) is 0 Å². The number of hydrogen-bond donors (Lipinski definition) is 4. The fourth-order valence-electron chi connectivity index (χ4n) is 3.62. The van der Waals surface area contributed by atoms with Gasteiger partial charge in [-0.2, -0.15) is 13.2 Å². The molecule has 0 radical (unpaired) electrons. The molecule has 0 saturated heterocycles. The van der Waals surface area contributed by atoms with Crippen LogP contribution < -0.4 is 22.1 Å². The first-order valence-electron chi connectivity index (χ1n) is 11.3. The van der Waals surface area contributed by atoms with Gasteiger partial charge in [0.15, 0.2) is 0 Å². The van der Waals surface area contributed by atoms with E-state index in [1.165, 1.54) is 18.3 Å². The normalized spacial score (nSPS) is 13.1. The molecule has 0 bridgehead atoms. The minimum absolute atomic E-state index is 0.172. The molecule has 3 rings (SSSR count). The Labute approximate surface area is 206 Å². The lowest BCUT2D eigenvalue weighted by Gasteiger charge is -2.23. The summed E-state index contributed by atoms with van der Waals surface area (Å²) in [6, 6.07) is 11.8. The molecule has 36 heavy (non-hydrogen) atoms. The Balaban J connectivity index is 1.83. The van der Waals surface area contributed by atoms with E-state index in [2.05, 4.69) is 22.2 Å². The lowest BCUT2D eigenvalue weighted by Crippen LogP contribution is -2.51. The molecule has 0 aliphatic rings. The zero-order valence-electron chi connectivity index (χ0n) is 19.5. The fourth-order valence-corrected chi connectivity index (χ4v) is 3.62. The highest BCUT2D eigenvalue weighted by atomic mass is 19.4. The van der Waals surface area contributed by atoms with Crippen LogP contribution in [-0.4, -0.2) is 35.4 Å². The zero-order valence-corrected chi connectivity index (χ0v) is 19.5. The number of nitrogens with one attached hydrogen (secondary N) is 2. The van der Waals surface area contributed by atoms with Gasteiger partial charge in [0, 0.05) is 5.39 Å². The smallest absolute Gasteiger partial charge is 0.339 e. The maximum atomic E-state index is 13.2. The molecule has 2 amide bonds. The number of amides is 2. The van der Waals surface area contributed by atoms with Crippen LogP contribution in [-0.2, 0) is 22.2 Å². The predicted octanol–water partition coefficient (Wildman–Crippen LogP) is 3.54. The quantitative estimate of drug-likeness (QED) is 0.318. The van der Waals surface area contributed by atoms with Crippen molar-refractivity contribution in [3.05, 3.63) is 84.1 Å². The van der Waals surface area contributed by atoms with Gasteiger partial charge in [-0.05, 0) is 61.2 Å². The number of alkyl halides is 3. The van der Waals surface area contributed by atoms with E-state index >= 15 is 0 Å². The first kappa shape index (κ1) is 26.8. The van der Waals surface area contributed by atoms with Gasteiger partial charge in [0.25, 0.3) is 5.91 Å². The van der Waals surface area contributed by atoms with E-state index in [0.29, 0.717) is 36.9 Å². The third-order valence-electron chi connectivity index (χ3n) is 5.56. The summed E-state index contributed by atoms with van der Waals surface area (Å²) in [5.41, 5.74) is 12.4. The van der Waals surface area contributed by atoms with Crippen molar-refractivity contribution in [3.8, 4) is 0 Å². The molecule has 0 fully saturated rings. The van der Waals surface area contributed by atoms with Crippen molar-refractivity contribution in [1.82, 2.24) is 10.3 Å². The molecule has 0 aliphatic carbocycles. The van der Waals surface area contributed by atoms with Crippen LogP contribution in [0.15, 0.2) is 72.9 Å². The molecule has 2 atom stereocenters. The molecule has 7 nitrogen and oxygen atoms in total. The van der Waals surface area contributed by atoms with Gasteiger partial charge >= 0.3 is 6.18 Å². The van der Waals surface area contributed by atoms with Crippen molar-refractivity contribution >= 4 is 28.4 Å². The number of hydrogen-bond acceptors (Lipinski definition) is 5. The highest BCUT2D eigenvalue weighted by molar-refractivity contribution is 6.00. The van der Waals surface area contributed by atoms with Crippen molar-refractivity contribution < 1.29 is 22.8 Å². The minimum Gasteiger partial charge on any atom is -0.339 e. The topological polar surface area (TPSA) is 123 Å². The number of carbonyl (C=O) groups is 2. The van der Waals surface area contributed by atoms with E-state index in [4.69, 9.17) is 11.5 Å². The second-order valence-corrected chi connectivity index (χ2v) is 8.42. The number of benzene rings is 2. The Morgan fingerprint density at radius 1 is 1.06 bits per heavy atom. The van der Waals surface area contributed by atoms with Gasteiger partial charge in [-0.3, -0.25) is 14.6 Å². The summed E-state index contributed by atoms with van der Waals surface area (Å²) >= 11 is 0. The molecule has 0 saturated carbocycles. The molecule has 6 N–H and O–H groups in total. The van der Waals surface area contributed by atoms with Crippen LogP contribution in [0, 0.1) is 0 Å². The van der Waals surface area contributed by atoms with Gasteiger partial charge in [-0.25, -0.2) is 0 Å². The van der Waals surface area contributed by atoms with Crippen LogP contribution in [0.1, 0.15) is 24.0 Å². The summed E-state index contributed by atoms with van der Waals surface area (Å²) in [7, 11) is 0. The fraction of sp³-hybridized carbons (Fsp3) is 0.269. The third-order valence-corrected chi connectivity index (χ3v) is 5.56. The number of carbonyl (C=O) groups excluding carboxylic acids is 2. The number of fused-ring (bicyclic) bond motifs is 1. The predicted molar refractivity (Wildman–Crippen MR) is 133 cm³/mol. The molecule has 2 aromatic carbocycles. The first-order chi connectivity index (χ1) is 17.1. The van der Waals surface area contributed by atoms with Crippen LogP contribution in [0.4, 0.5) is 18.9 Å². The molecule has 3 aromatic rings. The first-order valence-corrected chi connectivity index (χ1v) is 11.3. The van der Waals surface area contributed by atoms with E-state index in [1.807, 2.05) is 30.3 Å². The minimum atomic E-state index is -4.51. The van der Waals surface area contributed by atoms with Gasteiger partial charge < -0.3 is 22.1 Å². The number of nitrogens with two attached hydrogens (primary N) is 2. The maximum Gasteiger partial charge on any atom is 0.416 e. The second-order valence-electron chi connectivity index (χ2n) is 8.42. The van der Waals surface area contributed by atoms with E-state index in [-0.39, 0.29) is 11.1 Å². The van der Waals surface area contributed by atoms with Crippen molar-refractivity contribution in [2.75, 3.05) is 11.9 Å². The summed E-state index contributed by atoms with van der Waals surface area (Å²) < 4.78 is 39.3. The van der Waals surface area contributed by atoms with Crippen molar-refractivity contribution in [3.63, 3.8) is 0 Å². The van der Waals surface area contributed by atoms with E-state index < -0.39 is 35.6 Å². The summed E-state index contributed by atoms with van der Waals surface area (Å²) in [6.45, 7) is 4.37. The van der Waals surface area contributed by atoms with E-state index in [1.54, 1.807) is 0 Å². The molecule has 0 unspecified atom stereocenters. The maximum absolute atomic E-state index is 13.2. The number of halogens is 3. The van der Waals surface area contributed by atoms with Gasteiger partial charge in [-0.1, -0.05) is 36.9 Å². The summed E-state index contributed by atoms with van der Waals surface area (Å²) in [4.78, 5) is 30.0. The highest BCUT2D eigenvalue weighted by Crippen LogP contribution is 2.31. The standard InChI is InChI=1S/C26H28F3N5O2/c1-16(12-17-6-3-2-4-7-17)23(34-24(35)21(31)8-5-11-30)25(36)33-20-14-18-13-19(26(27,28)29)9-10-22(18)32-15-20/h2-4,6-7,9-10,13-15,21,23H,1,5,8,11-12,30-31H2,(H,33,36)(H,34,35)/t21-,23+/m0/s1. The van der Waals surface area contributed by atoms with E-state index in [0.717, 1.165) is 17.7 Å². The van der Waals surface area contributed by atoms with Crippen molar-refractivity contribution in [2.45, 2.75) is 37.5 Å². The SMILES string of the molecule is C=C(Cc1ccccc1)[C@@H](NC(=O)[C@@H](N)CCCN)C(=O)Nc1cnc2ccc(C(F)(F)F)cc2c1. The summed E-state index contributed by atoms with van der Waals surface area (Å²) in [6.07, 6.45) is -1.99. The van der Waals surface area contributed by atoms with Crippen molar-refractivity contribution in [1.29, 1.82) is 0 Å². The average molecular weight is 500 g/mol. The second kappa shape index (κ2) is 11.8. The van der Waals surface area contributed by atoms with Crippen LogP contribution in [0.25, 0.3) is 10.9 Å². The van der Waals surface area contributed by atoms with E-state index in [9.17, 15) is 22.8 Å². The number of nitrogens with zero attached hydrogens (tertiary/aromatic N) is 1. The summed E-state index contributed by atoms with van der Waals surface area (Å²) in [5, 5.41) is 5.48. The Morgan fingerprint density at radius 3 is 2.44 bits per heavy atom. The van der Waals surface area contributed by atoms with Crippen molar-refractivity contribution in [2.24, 2.45) is 11.5 Å². The molecular formula is C26H28F3N5O2. The Hall–Kier alpha value is -3.76. The summed E-state index contributed by atoms with van der Waals surface area (Å²) in [5.74, 6) is -1.16.